The molecule has 0 radical (unpaired) electrons. The summed E-state index contributed by atoms with van der Waals surface area (Å²) in [6.07, 6.45) is 0. The van der Waals surface area contributed by atoms with Crippen LogP contribution in [0.15, 0.2) is 46.3 Å². The molecule has 2 aromatic heterocycles. The first-order valence-electron chi connectivity index (χ1n) is 6.92. The monoisotopic (exact) mass is 421 g/mol. The number of aromatic nitrogens is 1. The molecule has 0 atom stereocenters. The van der Waals surface area contributed by atoms with Crippen molar-refractivity contribution in [3.63, 3.8) is 0 Å². The van der Waals surface area contributed by atoms with Gasteiger partial charge in [0.15, 0.2) is 0 Å². The molecule has 0 aliphatic heterocycles. The quantitative estimate of drug-likeness (QED) is 0.627. The number of thiazole rings is 1. The van der Waals surface area contributed by atoms with Crippen molar-refractivity contribution in [2.45, 2.75) is 6.92 Å². The van der Waals surface area contributed by atoms with E-state index in [-0.39, 0.29) is 11.8 Å². The molecular formula is C16H12BrN3O2S2. The number of nitrogens with zero attached hydrogens (tertiary/aromatic N) is 1. The molecule has 0 aliphatic carbocycles. The Morgan fingerprint density at radius 3 is 2.46 bits per heavy atom. The first kappa shape index (κ1) is 16.8. The first-order chi connectivity index (χ1) is 11.5. The van der Waals surface area contributed by atoms with Gasteiger partial charge < -0.3 is 0 Å². The summed E-state index contributed by atoms with van der Waals surface area (Å²) in [6.45, 7) is 1.78. The molecule has 0 unspecified atom stereocenters. The number of thiophene rings is 1. The number of rotatable bonds is 3. The second kappa shape index (κ2) is 7.25. The molecule has 122 valence electrons. The number of carbonyl (C=O) groups excluding carboxylic acids is 2. The molecule has 8 heteroatoms. The van der Waals surface area contributed by atoms with Crippen LogP contribution in [-0.4, -0.2) is 16.8 Å². The van der Waals surface area contributed by atoms with Gasteiger partial charge in [-0.05, 0) is 42.6 Å². The number of hydrogen-bond donors (Lipinski definition) is 2. The lowest BCUT2D eigenvalue weighted by Crippen LogP contribution is -2.41. The minimum absolute atomic E-state index is 0.377. The van der Waals surface area contributed by atoms with Crippen LogP contribution in [0.4, 0.5) is 0 Å². The minimum Gasteiger partial charge on any atom is -0.267 e. The van der Waals surface area contributed by atoms with Crippen LogP contribution in [0.2, 0.25) is 0 Å². The molecule has 3 rings (SSSR count). The number of benzene rings is 1. The summed E-state index contributed by atoms with van der Waals surface area (Å²) in [5.74, 6) is -0.755. The standard InChI is InChI=1S/C16H12BrN3O2S2/c1-9-13(24-16(18-9)12-3-2-8-23-12)15(22)20-19-14(21)10-4-6-11(17)7-5-10/h2-8H,1H3,(H,19,21)(H,20,22). The second-order valence-corrected chi connectivity index (χ2v) is 7.69. The Kier molecular flexibility index (Phi) is 5.08. The van der Waals surface area contributed by atoms with Crippen molar-refractivity contribution < 1.29 is 9.59 Å². The Bertz CT molecular complexity index is 873. The van der Waals surface area contributed by atoms with Crippen molar-refractivity contribution in [2.24, 2.45) is 0 Å². The van der Waals surface area contributed by atoms with Crippen molar-refractivity contribution in [3.8, 4) is 9.88 Å². The van der Waals surface area contributed by atoms with Crippen molar-refractivity contribution in [2.75, 3.05) is 0 Å². The third-order valence-corrected chi connectivity index (χ3v) is 5.85. The van der Waals surface area contributed by atoms with Gasteiger partial charge in [-0.1, -0.05) is 22.0 Å². The van der Waals surface area contributed by atoms with Gasteiger partial charge in [0.25, 0.3) is 11.8 Å². The highest BCUT2D eigenvalue weighted by atomic mass is 79.9. The fourth-order valence-electron chi connectivity index (χ4n) is 1.96. The Hall–Kier alpha value is -2.03. The van der Waals surface area contributed by atoms with E-state index >= 15 is 0 Å². The summed E-state index contributed by atoms with van der Waals surface area (Å²) in [6, 6.07) is 10.8. The van der Waals surface area contributed by atoms with Crippen LogP contribution >= 0.6 is 38.6 Å². The lowest BCUT2D eigenvalue weighted by molar-refractivity contribution is 0.0848. The topological polar surface area (TPSA) is 71.1 Å². The van der Waals surface area contributed by atoms with Gasteiger partial charge in [0, 0.05) is 10.0 Å². The number of carbonyl (C=O) groups is 2. The molecule has 0 aliphatic rings. The maximum atomic E-state index is 12.3. The van der Waals surface area contributed by atoms with Crippen LogP contribution in [0.25, 0.3) is 9.88 Å². The number of hydrazine groups is 1. The van der Waals surface area contributed by atoms with E-state index in [9.17, 15) is 9.59 Å². The lowest BCUT2D eigenvalue weighted by Gasteiger charge is -2.06. The van der Waals surface area contributed by atoms with Crippen LogP contribution < -0.4 is 10.9 Å². The Morgan fingerprint density at radius 1 is 1.08 bits per heavy atom. The van der Waals surface area contributed by atoms with E-state index in [0.29, 0.717) is 16.1 Å². The van der Waals surface area contributed by atoms with Crippen molar-refractivity contribution in [3.05, 3.63) is 62.4 Å². The second-order valence-electron chi connectivity index (χ2n) is 4.83. The van der Waals surface area contributed by atoms with E-state index in [0.717, 1.165) is 14.4 Å². The molecule has 0 fully saturated rings. The molecular weight excluding hydrogens is 410 g/mol. The molecule has 0 bridgehead atoms. The van der Waals surface area contributed by atoms with Crippen LogP contribution in [-0.2, 0) is 0 Å². The molecule has 2 heterocycles. The zero-order chi connectivity index (χ0) is 17.1. The highest BCUT2D eigenvalue weighted by Gasteiger charge is 2.17. The van der Waals surface area contributed by atoms with E-state index < -0.39 is 0 Å². The molecule has 2 amide bonds. The van der Waals surface area contributed by atoms with Gasteiger partial charge in [-0.25, -0.2) is 4.98 Å². The normalized spacial score (nSPS) is 10.4. The average molecular weight is 422 g/mol. The lowest BCUT2D eigenvalue weighted by atomic mass is 10.2. The molecule has 0 saturated carbocycles. The Balaban J connectivity index is 1.67. The van der Waals surface area contributed by atoms with Crippen LogP contribution in [0.1, 0.15) is 25.7 Å². The Labute approximate surface area is 154 Å². The van der Waals surface area contributed by atoms with E-state index in [1.807, 2.05) is 17.5 Å². The molecule has 1 aromatic carbocycles. The molecule has 24 heavy (non-hydrogen) atoms. The van der Waals surface area contributed by atoms with Crippen LogP contribution in [0.3, 0.4) is 0 Å². The summed E-state index contributed by atoms with van der Waals surface area (Å²) < 4.78 is 0.879. The number of nitrogens with one attached hydrogen (secondary N) is 2. The number of aryl methyl sites for hydroxylation is 1. The first-order valence-corrected chi connectivity index (χ1v) is 9.41. The number of hydrogen-bond acceptors (Lipinski definition) is 5. The summed E-state index contributed by atoms with van der Waals surface area (Å²) in [5.41, 5.74) is 5.95. The molecule has 3 aromatic rings. The summed E-state index contributed by atoms with van der Waals surface area (Å²) >= 11 is 6.18. The number of halogens is 1. The van der Waals surface area contributed by atoms with Crippen LogP contribution in [0.5, 0.6) is 0 Å². The third kappa shape index (κ3) is 3.72. The average Bonchev–Trinajstić information content (AvgIpc) is 3.22. The summed E-state index contributed by atoms with van der Waals surface area (Å²) in [4.78, 5) is 30.2. The molecule has 5 nitrogen and oxygen atoms in total. The summed E-state index contributed by atoms with van der Waals surface area (Å²) in [7, 11) is 0. The predicted octanol–water partition coefficient (Wildman–Crippen LogP) is 4.02. The SMILES string of the molecule is Cc1nc(-c2cccs2)sc1C(=O)NNC(=O)c1ccc(Br)cc1. The maximum Gasteiger partial charge on any atom is 0.281 e. The fraction of sp³-hybridized carbons (Fsp3) is 0.0625. The van der Waals surface area contributed by atoms with Crippen molar-refractivity contribution in [1.82, 2.24) is 15.8 Å². The maximum absolute atomic E-state index is 12.3. The van der Waals surface area contributed by atoms with E-state index in [1.54, 1.807) is 42.5 Å². The van der Waals surface area contributed by atoms with E-state index in [2.05, 4.69) is 31.8 Å². The number of amides is 2. The van der Waals surface area contributed by atoms with E-state index in [1.165, 1.54) is 11.3 Å². The van der Waals surface area contributed by atoms with Gasteiger partial charge in [-0.3, -0.25) is 20.4 Å². The van der Waals surface area contributed by atoms with Gasteiger partial charge in [0.2, 0.25) is 0 Å². The minimum atomic E-state index is -0.378. The van der Waals surface area contributed by atoms with E-state index in [4.69, 9.17) is 0 Å². The smallest absolute Gasteiger partial charge is 0.267 e. The summed E-state index contributed by atoms with van der Waals surface area (Å²) in [5, 5.41) is 2.76. The largest absolute Gasteiger partial charge is 0.281 e. The highest BCUT2D eigenvalue weighted by molar-refractivity contribution is 9.10. The van der Waals surface area contributed by atoms with Gasteiger partial charge >= 0.3 is 0 Å². The Morgan fingerprint density at radius 2 is 1.79 bits per heavy atom. The zero-order valence-electron chi connectivity index (χ0n) is 12.5. The third-order valence-electron chi connectivity index (χ3n) is 3.13. The molecule has 0 spiro atoms. The van der Waals surface area contributed by atoms with Crippen LogP contribution in [0, 0.1) is 6.92 Å². The highest BCUT2D eigenvalue weighted by Crippen LogP contribution is 2.30. The van der Waals surface area contributed by atoms with Gasteiger partial charge in [-0.2, -0.15) is 0 Å². The predicted molar refractivity (Wildman–Crippen MR) is 99.2 cm³/mol. The van der Waals surface area contributed by atoms with Crippen molar-refractivity contribution in [1.29, 1.82) is 0 Å². The fourth-order valence-corrected chi connectivity index (χ4v) is 3.98. The van der Waals surface area contributed by atoms with Crippen molar-refractivity contribution >= 4 is 50.4 Å². The van der Waals surface area contributed by atoms with Gasteiger partial charge in [0.1, 0.15) is 9.88 Å². The molecule has 2 N–H and O–H groups in total. The van der Waals surface area contributed by atoms with Gasteiger partial charge in [0.05, 0.1) is 10.6 Å². The van der Waals surface area contributed by atoms with Gasteiger partial charge in [-0.15, -0.1) is 22.7 Å². The molecule has 0 saturated heterocycles. The zero-order valence-corrected chi connectivity index (χ0v) is 15.7.